The van der Waals surface area contributed by atoms with Crippen molar-refractivity contribution in [3.8, 4) is 0 Å². The van der Waals surface area contributed by atoms with Crippen LogP contribution in [0.25, 0.3) is 0 Å². The first-order valence-electron chi connectivity index (χ1n) is 7.35. The Hall–Kier alpha value is -1.59. The molecule has 20 heavy (non-hydrogen) atoms. The number of carboxylic acids is 1. The predicted octanol–water partition coefficient (Wildman–Crippen LogP) is 0.614. The number of carbonyl (C=O) groups is 3. The van der Waals surface area contributed by atoms with Gasteiger partial charge in [-0.1, -0.05) is 13.3 Å². The molecule has 0 aromatic carbocycles. The fourth-order valence-corrected chi connectivity index (χ4v) is 3.26. The van der Waals surface area contributed by atoms with Gasteiger partial charge in [-0.25, -0.2) is 0 Å². The van der Waals surface area contributed by atoms with Gasteiger partial charge in [0.1, 0.15) is 6.04 Å². The fraction of sp³-hybridized carbons (Fsp3) is 0.786. The molecule has 0 bridgehead atoms. The normalized spacial score (nSPS) is 30.8. The van der Waals surface area contributed by atoms with Crippen molar-refractivity contribution in [3.05, 3.63) is 0 Å². The maximum atomic E-state index is 12.6. The Labute approximate surface area is 118 Å². The molecule has 6 heteroatoms. The van der Waals surface area contributed by atoms with E-state index in [0.717, 1.165) is 12.8 Å². The minimum atomic E-state index is -0.814. The standard InChI is InChI=1S/C14H22N2O4/c1-2-11-12(17)15-6-7-16(11)13(18)9-4-3-5-10(8-9)14(19)20/h9-11H,2-8H2,1H3,(H,15,17)(H,19,20)/t9-,10+,11-/m1/s1. The van der Waals surface area contributed by atoms with Gasteiger partial charge < -0.3 is 15.3 Å². The molecule has 2 fully saturated rings. The summed E-state index contributed by atoms with van der Waals surface area (Å²) < 4.78 is 0. The lowest BCUT2D eigenvalue weighted by Crippen LogP contribution is -2.58. The first-order chi connectivity index (χ1) is 9.54. The molecule has 1 heterocycles. The Kier molecular flexibility index (Phi) is 4.62. The molecule has 1 aliphatic carbocycles. The van der Waals surface area contributed by atoms with E-state index in [1.54, 1.807) is 4.90 Å². The van der Waals surface area contributed by atoms with Crippen molar-refractivity contribution in [3.63, 3.8) is 0 Å². The van der Waals surface area contributed by atoms with Gasteiger partial charge in [0.25, 0.3) is 0 Å². The Morgan fingerprint density at radius 3 is 2.70 bits per heavy atom. The van der Waals surface area contributed by atoms with Gasteiger partial charge in [0.15, 0.2) is 0 Å². The highest BCUT2D eigenvalue weighted by atomic mass is 16.4. The molecular formula is C14H22N2O4. The van der Waals surface area contributed by atoms with E-state index in [2.05, 4.69) is 5.32 Å². The largest absolute Gasteiger partial charge is 0.481 e. The average molecular weight is 282 g/mol. The quantitative estimate of drug-likeness (QED) is 0.794. The Morgan fingerprint density at radius 2 is 2.05 bits per heavy atom. The van der Waals surface area contributed by atoms with E-state index in [1.807, 2.05) is 6.92 Å². The molecule has 2 N–H and O–H groups in total. The Morgan fingerprint density at radius 1 is 1.35 bits per heavy atom. The molecule has 0 unspecified atom stereocenters. The Bertz CT molecular complexity index is 410. The highest BCUT2D eigenvalue weighted by molar-refractivity contribution is 5.89. The zero-order chi connectivity index (χ0) is 14.7. The van der Waals surface area contributed by atoms with E-state index in [9.17, 15) is 14.4 Å². The SMILES string of the molecule is CC[C@@H]1C(=O)NCCN1C(=O)[C@@H]1CCC[C@H](C(=O)O)C1. The van der Waals surface area contributed by atoms with Crippen LogP contribution < -0.4 is 5.32 Å². The van der Waals surface area contributed by atoms with Gasteiger partial charge in [-0.15, -0.1) is 0 Å². The fourth-order valence-electron chi connectivity index (χ4n) is 3.26. The molecule has 1 saturated carbocycles. The van der Waals surface area contributed by atoms with E-state index in [-0.39, 0.29) is 17.7 Å². The number of carbonyl (C=O) groups excluding carboxylic acids is 2. The maximum Gasteiger partial charge on any atom is 0.306 e. The molecule has 2 aliphatic rings. The van der Waals surface area contributed by atoms with Crippen molar-refractivity contribution in [1.82, 2.24) is 10.2 Å². The molecule has 112 valence electrons. The third-order valence-electron chi connectivity index (χ3n) is 4.37. The lowest BCUT2D eigenvalue weighted by atomic mass is 9.80. The van der Waals surface area contributed by atoms with E-state index < -0.39 is 17.9 Å². The molecule has 0 spiro atoms. The minimum Gasteiger partial charge on any atom is -0.481 e. The van der Waals surface area contributed by atoms with Crippen LogP contribution in [0.2, 0.25) is 0 Å². The number of amides is 2. The van der Waals surface area contributed by atoms with Crippen LogP contribution in [0.5, 0.6) is 0 Å². The van der Waals surface area contributed by atoms with Crippen LogP contribution in [0.3, 0.4) is 0 Å². The summed E-state index contributed by atoms with van der Waals surface area (Å²) in [4.78, 5) is 37.1. The molecule has 2 amide bonds. The monoisotopic (exact) mass is 282 g/mol. The number of hydrogen-bond donors (Lipinski definition) is 2. The van der Waals surface area contributed by atoms with Crippen molar-refractivity contribution < 1.29 is 19.5 Å². The maximum absolute atomic E-state index is 12.6. The molecule has 1 aliphatic heterocycles. The van der Waals surface area contributed by atoms with Gasteiger partial charge in [0, 0.05) is 19.0 Å². The lowest BCUT2D eigenvalue weighted by molar-refractivity contribution is -0.150. The average Bonchev–Trinajstić information content (AvgIpc) is 2.46. The molecule has 2 rings (SSSR count). The predicted molar refractivity (Wildman–Crippen MR) is 71.9 cm³/mol. The summed E-state index contributed by atoms with van der Waals surface area (Å²) >= 11 is 0. The van der Waals surface area contributed by atoms with E-state index in [0.29, 0.717) is 32.4 Å². The smallest absolute Gasteiger partial charge is 0.306 e. The van der Waals surface area contributed by atoms with Crippen LogP contribution in [0, 0.1) is 11.8 Å². The second-order valence-electron chi connectivity index (χ2n) is 5.65. The van der Waals surface area contributed by atoms with E-state index in [1.165, 1.54) is 0 Å². The summed E-state index contributed by atoms with van der Waals surface area (Å²) in [5.74, 6) is -1.62. The lowest BCUT2D eigenvalue weighted by Gasteiger charge is -2.38. The number of piperazine rings is 1. The number of hydrogen-bond acceptors (Lipinski definition) is 3. The summed E-state index contributed by atoms with van der Waals surface area (Å²) in [5.41, 5.74) is 0. The van der Waals surface area contributed by atoms with Gasteiger partial charge in [-0.2, -0.15) is 0 Å². The Balaban J connectivity index is 2.05. The van der Waals surface area contributed by atoms with E-state index in [4.69, 9.17) is 5.11 Å². The van der Waals surface area contributed by atoms with Crippen LogP contribution in [-0.4, -0.2) is 46.9 Å². The zero-order valence-corrected chi connectivity index (χ0v) is 11.8. The van der Waals surface area contributed by atoms with Crippen LogP contribution in [0.15, 0.2) is 0 Å². The minimum absolute atomic E-state index is 0.0438. The number of aliphatic carboxylic acids is 1. The summed E-state index contributed by atoms with van der Waals surface area (Å²) in [5, 5.41) is 11.9. The topological polar surface area (TPSA) is 86.7 Å². The number of carboxylic acid groups (broad SMARTS) is 1. The van der Waals surface area contributed by atoms with Gasteiger partial charge in [0.05, 0.1) is 5.92 Å². The third-order valence-corrected chi connectivity index (χ3v) is 4.37. The number of rotatable bonds is 3. The molecule has 6 nitrogen and oxygen atoms in total. The van der Waals surface area contributed by atoms with Crippen molar-refractivity contribution in [2.75, 3.05) is 13.1 Å². The summed E-state index contributed by atoms with van der Waals surface area (Å²) in [6.07, 6.45) is 3.15. The van der Waals surface area contributed by atoms with Crippen molar-refractivity contribution >= 4 is 17.8 Å². The first kappa shape index (κ1) is 14.8. The third kappa shape index (κ3) is 2.94. The van der Waals surface area contributed by atoms with Crippen LogP contribution in [-0.2, 0) is 14.4 Å². The van der Waals surface area contributed by atoms with Gasteiger partial charge in [-0.05, 0) is 25.7 Å². The summed E-state index contributed by atoms with van der Waals surface area (Å²) in [6, 6.07) is -0.401. The molecule has 0 aromatic heterocycles. The van der Waals surface area contributed by atoms with Gasteiger partial charge in [0.2, 0.25) is 11.8 Å². The van der Waals surface area contributed by atoms with Crippen LogP contribution in [0.1, 0.15) is 39.0 Å². The van der Waals surface area contributed by atoms with Crippen molar-refractivity contribution in [2.45, 2.75) is 45.1 Å². The molecule has 0 aromatic rings. The number of nitrogens with zero attached hydrogens (tertiary/aromatic N) is 1. The van der Waals surface area contributed by atoms with Crippen LogP contribution in [0.4, 0.5) is 0 Å². The molecule has 3 atom stereocenters. The highest BCUT2D eigenvalue weighted by Gasteiger charge is 2.38. The first-order valence-corrected chi connectivity index (χ1v) is 7.35. The second-order valence-corrected chi connectivity index (χ2v) is 5.65. The summed E-state index contributed by atoms with van der Waals surface area (Å²) in [6.45, 7) is 2.89. The molecule has 0 radical (unpaired) electrons. The zero-order valence-electron chi connectivity index (χ0n) is 11.8. The number of nitrogens with one attached hydrogen (secondary N) is 1. The second kappa shape index (κ2) is 6.24. The van der Waals surface area contributed by atoms with E-state index >= 15 is 0 Å². The van der Waals surface area contributed by atoms with Crippen LogP contribution >= 0.6 is 0 Å². The van der Waals surface area contributed by atoms with Gasteiger partial charge >= 0.3 is 5.97 Å². The molecule has 1 saturated heterocycles. The van der Waals surface area contributed by atoms with Gasteiger partial charge in [-0.3, -0.25) is 14.4 Å². The van der Waals surface area contributed by atoms with Crippen molar-refractivity contribution in [1.29, 1.82) is 0 Å². The highest BCUT2D eigenvalue weighted by Crippen LogP contribution is 2.31. The summed E-state index contributed by atoms with van der Waals surface area (Å²) in [7, 11) is 0. The van der Waals surface area contributed by atoms with Crippen molar-refractivity contribution in [2.24, 2.45) is 11.8 Å². The molecular weight excluding hydrogens is 260 g/mol.